The molecule has 3 nitrogen and oxygen atoms in total. The van der Waals surface area contributed by atoms with Crippen LogP contribution in [0.4, 0.5) is 17.1 Å². The number of fused-ring (bicyclic) bond motifs is 6. The maximum Gasteiger partial charge on any atom is 0.0788 e. The minimum Gasteiger partial charge on any atom is -0.315 e. The molecule has 0 radical (unpaired) electrons. The first-order valence-electron chi connectivity index (χ1n) is 15.4. The van der Waals surface area contributed by atoms with Crippen LogP contribution in [-0.4, -0.2) is 9.13 Å². The molecule has 45 heavy (non-hydrogen) atoms. The highest BCUT2D eigenvalue weighted by atomic mass is 15.1. The van der Waals surface area contributed by atoms with Crippen LogP contribution in [0.5, 0.6) is 0 Å². The molecule has 0 aliphatic heterocycles. The summed E-state index contributed by atoms with van der Waals surface area (Å²) in [5.74, 6) is 0. The largest absolute Gasteiger partial charge is 0.315 e. The molecule has 0 aliphatic rings. The summed E-state index contributed by atoms with van der Waals surface area (Å²) in [7, 11) is 0. The Morgan fingerprint density at radius 2 is 1.02 bits per heavy atom. The minimum atomic E-state index is 1.11. The Labute approximate surface area is 261 Å². The highest BCUT2D eigenvalue weighted by Crippen LogP contribution is 2.39. The Hall–Kier alpha value is -6.06. The van der Waals surface area contributed by atoms with Gasteiger partial charge in [-0.2, -0.15) is 0 Å². The van der Waals surface area contributed by atoms with Crippen molar-refractivity contribution >= 4 is 60.5 Å². The predicted molar refractivity (Wildman–Crippen MR) is 190 cm³/mol. The van der Waals surface area contributed by atoms with Crippen LogP contribution < -0.4 is 4.90 Å². The first-order chi connectivity index (χ1) is 22.3. The van der Waals surface area contributed by atoms with Gasteiger partial charge in [-0.25, -0.2) is 0 Å². The third-order valence-electron chi connectivity index (χ3n) is 8.89. The summed E-state index contributed by atoms with van der Waals surface area (Å²) in [5, 5.41) is 6.20. The van der Waals surface area contributed by atoms with Gasteiger partial charge in [0.15, 0.2) is 0 Å². The summed E-state index contributed by atoms with van der Waals surface area (Å²) >= 11 is 0. The van der Waals surface area contributed by atoms with Gasteiger partial charge in [0, 0.05) is 50.8 Å². The molecule has 0 bridgehead atoms. The van der Waals surface area contributed by atoms with Crippen molar-refractivity contribution in [3.8, 4) is 11.4 Å². The molecule has 0 saturated carbocycles. The number of hydrogen-bond donors (Lipinski definition) is 0. The number of para-hydroxylation sites is 3. The fourth-order valence-corrected chi connectivity index (χ4v) is 6.84. The van der Waals surface area contributed by atoms with E-state index in [2.05, 4.69) is 190 Å². The summed E-state index contributed by atoms with van der Waals surface area (Å²) in [4.78, 5) is 2.33. The molecule has 9 aromatic rings. The monoisotopic (exact) mass is 575 g/mol. The summed E-state index contributed by atoms with van der Waals surface area (Å²) in [6.45, 7) is 0. The molecule has 2 aromatic heterocycles. The van der Waals surface area contributed by atoms with Crippen molar-refractivity contribution < 1.29 is 0 Å². The van der Waals surface area contributed by atoms with Crippen LogP contribution in [0.2, 0.25) is 0 Å². The van der Waals surface area contributed by atoms with E-state index in [1.165, 1.54) is 43.5 Å². The standard InChI is InChI=1S/C42H29N3/c1-3-13-34(14-4-1)44(37-21-19-30-11-7-8-12-32(30)29-37)36-24-22-33(23-25-36)43-28-27-31-20-26-39-38-17-9-10-18-40(38)45(42(39)41(31)43)35-15-5-2-6-16-35/h1-29H. The molecule has 7 aromatic carbocycles. The van der Waals surface area contributed by atoms with Gasteiger partial charge in [0.2, 0.25) is 0 Å². The van der Waals surface area contributed by atoms with Gasteiger partial charge >= 0.3 is 0 Å². The third-order valence-corrected chi connectivity index (χ3v) is 8.89. The number of rotatable bonds is 5. The van der Waals surface area contributed by atoms with Gasteiger partial charge in [-0.15, -0.1) is 0 Å². The molecule has 2 heterocycles. The molecule has 3 heteroatoms. The smallest absolute Gasteiger partial charge is 0.0788 e. The van der Waals surface area contributed by atoms with Crippen LogP contribution in [0.25, 0.3) is 54.9 Å². The van der Waals surface area contributed by atoms with Gasteiger partial charge in [0.05, 0.1) is 16.6 Å². The van der Waals surface area contributed by atoms with E-state index in [4.69, 9.17) is 0 Å². The topological polar surface area (TPSA) is 13.1 Å². The molecule has 0 atom stereocenters. The Kier molecular flexibility index (Phi) is 5.82. The second-order valence-corrected chi connectivity index (χ2v) is 11.5. The van der Waals surface area contributed by atoms with Gasteiger partial charge in [0.1, 0.15) is 0 Å². The highest BCUT2D eigenvalue weighted by molar-refractivity contribution is 6.18. The lowest BCUT2D eigenvalue weighted by molar-refractivity contribution is 1.11. The second-order valence-electron chi connectivity index (χ2n) is 11.5. The van der Waals surface area contributed by atoms with Gasteiger partial charge < -0.3 is 14.0 Å². The molecule has 0 saturated heterocycles. The zero-order chi connectivity index (χ0) is 29.7. The molecular weight excluding hydrogens is 546 g/mol. The van der Waals surface area contributed by atoms with E-state index < -0.39 is 0 Å². The summed E-state index contributed by atoms with van der Waals surface area (Å²) in [5.41, 5.74) is 9.29. The van der Waals surface area contributed by atoms with Crippen LogP contribution >= 0.6 is 0 Å². The number of benzene rings is 7. The molecule has 0 amide bonds. The maximum absolute atomic E-state index is 2.41. The first kappa shape index (κ1) is 25.4. The van der Waals surface area contributed by atoms with E-state index in [1.807, 2.05) is 0 Å². The lowest BCUT2D eigenvalue weighted by Crippen LogP contribution is -2.10. The number of anilines is 3. The predicted octanol–water partition coefficient (Wildman–Crippen LogP) is 11.4. The zero-order valence-corrected chi connectivity index (χ0v) is 24.6. The van der Waals surface area contributed by atoms with Crippen LogP contribution in [0.15, 0.2) is 176 Å². The number of nitrogens with zero attached hydrogens (tertiary/aromatic N) is 3. The Morgan fingerprint density at radius 3 is 1.84 bits per heavy atom. The van der Waals surface area contributed by atoms with E-state index in [-0.39, 0.29) is 0 Å². The lowest BCUT2D eigenvalue weighted by atomic mass is 10.1. The van der Waals surface area contributed by atoms with Crippen molar-refractivity contribution in [1.82, 2.24) is 9.13 Å². The van der Waals surface area contributed by atoms with Crippen molar-refractivity contribution in [2.24, 2.45) is 0 Å². The van der Waals surface area contributed by atoms with Gasteiger partial charge in [-0.3, -0.25) is 0 Å². The van der Waals surface area contributed by atoms with Crippen molar-refractivity contribution in [3.63, 3.8) is 0 Å². The van der Waals surface area contributed by atoms with Gasteiger partial charge in [-0.1, -0.05) is 97.1 Å². The van der Waals surface area contributed by atoms with Crippen LogP contribution in [-0.2, 0) is 0 Å². The molecule has 0 aliphatic carbocycles. The van der Waals surface area contributed by atoms with E-state index in [0.29, 0.717) is 0 Å². The molecule has 0 fully saturated rings. The lowest BCUT2D eigenvalue weighted by Gasteiger charge is -2.26. The van der Waals surface area contributed by atoms with E-state index in [1.54, 1.807) is 0 Å². The van der Waals surface area contributed by atoms with Crippen molar-refractivity contribution in [2.45, 2.75) is 0 Å². The van der Waals surface area contributed by atoms with Gasteiger partial charge in [0.25, 0.3) is 0 Å². The molecule has 9 rings (SSSR count). The Bertz CT molecular complexity index is 2470. The van der Waals surface area contributed by atoms with Crippen LogP contribution in [0, 0.1) is 0 Å². The second kappa shape index (κ2) is 10.3. The van der Waals surface area contributed by atoms with E-state index in [0.717, 1.165) is 28.4 Å². The average Bonchev–Trinajstić information content (AvgIpc) is 3.69. The van der Waals surface area contributed by atoms with Gasteiger partial charge in [-0.05, 0) is 83.6 Å². The Morgan fingerprint density at radius 1 is 0.378 bits per heavy atom. The summed E-state index contributed by atoms with van der Waals surface area (Å²) < 4.78 is 4.75. The van der Waals surface area contributed by atoms with Crippen LogP contribution in [0.3, 0.4) is 0 Å². The fourth-order valence-electron chi connectivity index (χ4n) is 6.84. The average molecular weight is 576 g/mol. The minimum absolute atomic E-state index is 1.11. The molecule has 212 valence electrons. The van der Waals surface area contributed by atoms with Crippen molar-refractivity contribution in [3.05, 3.63) is 176 Å². The first-order valence-corrected chi connectivity index (χ1v) is 15.4. The summed E-state index contributed by atoms with van der Waals surface area (Å²) in [6, 6.07) is 60.9. The van der Waals surface area contributed by atoms with Crippen molar-refractivity contribution in [1.29, 1.82) is 0 Å². The quantitative estimate of drug-likeness (QED) is 0.199. The van der Waals surface area contributed by atoms with Crippen LogP contribution in [0.1, 0.15) is 0 Å². The third kappa shape index (κ3) is 4.13. The zero-order valence-electron chi connectivity index (χ0n) is 24.6. The maximum atomic E-state index is 2.41. The number of aromatic nitrogens is 2. The normalized spacial score (nSPS) is 11.6. The Balaban J connectivity index is 1.22. The molecule has 0 spiro atoms. The summed E-state index contributed by atoms with van der Waals surface area (Å²) in [6.07, 6.45) is 2.20. The highest BCUT2D eigenvalue weighted by Gasteiger charge is 2.18. The number of hydrogen-bond acceptors (Lipinski definition) is 1. The van der Waals surface area contributed by atoms with Crippen molar-refractivity contribution in [2.75, 3.05) is 4.90 Å². The molecule has 0 unspecified atom stereocenters. The van der Waals surface area contributed by atoms with E-state index in [9.17, 15) is 0 Å². The molecular formula is C42H29N3. The van der Waals surface area contributed by atoms with E-state index >= 15 is 0 Å². The molecule has 0 N–H and O–H groups in total. The SMILES string of the molecule is c1ccc(N(c2ccc(-n3ccc4ccc5c6ccccc6n(-c6ccccc6)c5c43)cc2)c2ccc3ccccc3c2)cc1. The fraction of sp³-hybridized carbons (Fsp3) is 0.